The number of benzene rings is 1. The molecule has 0 aliphatic rings. The van der Waals surface area contributed by atoms with Gasteiger partial charge in [0.25, 0.3) is 0 Å². The third kappa shape index (κ3) is 4.46. The average Bonchev–Trinajstić information content (AvgIpc) is 2.38. The summed E-state index contributed by atoms with van der Waals surface area (Å²) in [6.07, 6.45) is 2.85. The number of nitrogens with two attached hydrogens (primary N) is 1. The van der Waals surface area contributed by atoms with Crippen LogP contribution < -0.4 is 5.73 Å². The molecule has 5 nitrogen and oxygen atoms in total. The molecule has 0 heterocycles. The van der Waals surface area contributed by atoms with Crippen LogP contribution in [-0.2, 0) is 14.3 Å². The highest BCUT2D eigenvalue weighted by Gasteiger charge is 2.10. The topological polar surface area (TPSA) is 78.6 Å². The van der Waals surface area contributed by atoms with Gasteiger partial charge in [0.15, 0.2) is 0 Å². The van der Waals surface area contributed by atoms with Gasteiger partial charge in [-0.25, -0.2) is 9.59 Å². The van der Waals surface area contributed by atoms with E-state index in [4.69, 9.17) is 15.2 Å². The first-order valence-corrected chi connectivity index (χ1v) is 6.00. The fourth-order valence-electron chi connectivity index (χ4n) is 1.42. The van der Waals surface area contributed by atoms with Gasteiger partial charge < -0.3 is 15.2 Å². The SMILES string of the molecule is CCOC(=O)C=Cc1ccc(N)c(C(=O)OCC)c1. The number of esters is 2. The van der Waals surface area contributed by atoms with Crippen LogP contribution >= 0.6 is 0 Å². The molecule has 0 spiro atoms. The minimum atomic E-state index is -0.480. The van der Waals surface area contributed by atoms with Crippen LogP contribution in [0.1, 0.15) is 29.8 Å². The van der Waals surface area contributed by atoms with E-state index >= 15 is 0 Å². The Morgan fingerprint density at radius 2 is 1.89 bits per heavy atom. The van der Waals surface area contributed by atoms with Crippen LogP contribution in [0.25, 0.3) is 6.08 Å². The third-order valence-electron chi connectivity index (χ3n) is 2.27. The minimum absolute atomic E-state index is 0.279. The van der Waals surface area contributed by atoms with Gasteiger partial charge in [-0.2, -0.15) is 0 Å². The second-order valence-electron chi connectivity index (χ2n) is 3.65. The fraction of sp³-hybridized carbons (Fsp3) is 0.286. The van der Waals surface area contributed by atoms with Gasteiger partial charge >= 0.3 is 11.9 Å². The molecule has 0 aliphatic carbocycles. The van der Waals surface area contributed by atoms with Crippen molar-refractivity contribution in [2.75, 3.05) is 18.9 Å². The van der Waals surface area contributed by atoms with Crippen molar-refractivity contribution in [3.63, 3.8) is 0 Å². The smallest absolute Gasteiger partial charge is 0.340 e. The summed E-state index contributed by atoms with van der Waals surface area (Å²) >= 11 is 0. The van der Waals surface area contributed by atoms with Crippen LogP contribution in [-0.4, -0.2) is 25.2 Å². The lowest BCUT2D eigenvalue weighted by atomic mass is 10.1. The number of rotatable bonds is 5. The zero-order valence-electron chi connectivity index (χ0n) is 11.0. The van der Waals surface area contributed by atoms with Crippen LogP contribution in [0.4, 0.5) is 5.69 Å². The maximum Gasteiger partial charge on any atom is 0.340 e. The average molecular weight is 263 g/mol. The van der Waals surface area contributed by atoms with Crippen molar-refractivity contribution in [2.45, 2.75) is 13.8 Å². The lowest BCUT2D eigenvalue weighted by Crippen LogP contribution is -2.08. The maximum absolute atomic E-state index is 11.6. The first-order valence-electron chi connectivity index (χ1n) is 6.00. The third-order valence-corrected chi connectivity index (χ3v) is 2.27. The number of carbonyl (C=O) groups is 2. The first kappa shape index (κ1) is 14.8. The molecule has 0 fully saturated rings. The Balaban J connectivity index is 2.90. The van der Waals surface area contributed by atoms with Crippen LogP contribution in [0.2, 0.25) is 0 Å². The molecule has 102 valence electrons. The van der Waals surface area contributed by atoms with E-state index < -0.39 is 11.9 Å². The van der Waals surface area contributed by atoms with Crippen molar-refractivity contribution in [1.29, 1.82) is 0 Å². The second kappa shape index (κ2) is 7.20. The summed E-state index contributed by atoms with van der Waals surface area (Å²) in [6, 6.07) is 4.87. The van der Waals surface area contributed by atoms with E-state index in [1.54, 1.807) is 38.1 Å². The molecule has 0 aromatic heterocycles. The second-order valence-corrected chi connectivity index (χ2v) is 3.65. The highest BCUT2D eigenvalue weighted by molar-refractivity contribution is 5.96. The Morgan fingerprint density at radius 1 is 1.21 bits per heavy atom. The summed E-state index contributed by atoms with van der Waals surface area (Å²) in [4.78, 5) is 22.8. The predicted molar refractivity (Wildman–Crippen MR) is 72.5 cm³/mol. The quantitative estimate of drug-likeness (QED) is 0.499. The van der Waals surface area contributed by atoms with E-state index in [2.05, 4.69) is 0 Å². The summed E-state index contributed by atoms with van der Waals surface area (Å²) in [5.74, 6) is -0.914. The number of hydrogen-bond donors (Lipinski definition) is 1. The molecule has 0 saturated heterocycles. The molecule has 0 radical (unpaired) electrons. The molecular formula is C14H17NO4. The normalized spacial score (nSPS) is 10.4. The van der Waals surface area contributed by atoms with E-state index in [-0.39, 0.29) is 12.2 Å². The fourth-order valence-corrected chi connectivity index (χ4v) is 1.42. The molecule has 2 N–H and O–H groups in total. The van der Waals surface area contributed by atoms with Crippen LogP contribution in [0.3, 0.4) is 0 Å². The molecule has 0 unspecified atom stereocenters. The maximum atomic E-state index is 11.6. The Kier molecular flexibility index (Phi) is 5.60. The Bertz CT molecular complexity index is 494. The van der Waals surface area contributed by atoms with Crippen molar-refractivity contribution in [3.05, 3.63) is 35.4 Å². The molecule has 1 aromatic carbocycles. The monoisotopic (exact) mass is 263 g/mol. The summed E-state index contributed by atoms with van der Waals surface area (Å²) < 4.78 is 9.65. The van der Waals surface area contributed by atoms with Crippen LogP contribution in [0.15, 0.2) is 24.3 Å². The van der Waals surface area contributed by atoms with Crippen LogP contribution in [0.5, 0.6) is 0 Å². The van der Waals surface area contributed by atoms with E-state index in [0.717, 1.165) is 0 Å². The highest BCUT2D eigenvalue weighted by atomic mass is 16.5. The van der Waals surface area contributed by atoms with E-state index in [1.165, 1.54) is 6.08 Å². The Hall–Kier alpha value is -2.30. The molecular weight excluding hydrogens is 246 g/mol. The van der Waals surface area contributed by atoms with Gasteiger partial charge in [0.2, 0.25) is 0 Å². The molecule has 0 bridgehead atoms. The van der Waals surface area contributed by atoms with Gasteiger partial charge in [-0.05, 0) is 37.6 Å². The van der Waals surface area contributed by atoms with Gasteiger partial charge in [0, 0.05) is 11.8 Å². The molecule has 0 amide bonds. The van der Waals surface area contributed by atoms with Gasteiger partial charge in [-0.3, -0.25) is 0 Å². The number of anilines is 1. The molecule has 0 aliphatic heterocycles. The first-order chi connectivity index (χ1) is 9.08. The summed E-state index contributed by atoms with van der Waals surface area (Å²) in [7, 11) is 0. The number of hydrogen-bond acceptors (Lipinski definition) is 5. The molecule has 0 atom stereocenters. The molecule has 19 heavy (non-hydrogen) atoms. The van der Waals surface area contributed by atoms with Crippen molar-refractivity contribution in [2.24, 2.45) is 0 Å². The van der Waals surface area contributed by atoms with Crippen molar-refractivity contribution >= 4 is 23.7 Å². The largest absolute Gasteiger partial charge is 0.463 e. The standard InChI is InChI=1S/C14H17NO4/c1-3-18-13(16)8-6-10-5-7-12(15)11(9-10)14(17)19-4-2/h5-9H,3-4,15H2,1-2H3. The number of carbonyl (C=O) groups excluding carboxylic acids is 2. The predicted octanol–water partition coefficient (Wildman–Crippen LogP) is 2.02. The highest BCUT2D eigenvalue weighted by Crippen LogP contribution is 2.16. The molecule has 0 saturated carbocycles. The van der Waals surface area contributed by atoms with Crippen LogP contribution in [0, 0.1) is 0 Å². The molecule has 1 rings (SSSR count). The van der Waals surface area contributed by atoms with Crippen molar-refractivity contribution in [3.8, 4) is 0 Å². The van der Waals surface area contributed by atoms with Crippen molar-refractivity contribution < 1.29 is 19.1 Å². The van der Waals surface area contributed by atoms with Gasteiger partial charge in [-0.15, -0.1) is 0 Å². The summed E-state index contributed by atoms with van der Waals surface area (Å²) in [6.45, 7) is 4.05. The lowest BCUT2D eigenvalue weighted by Gasteiger charge is -2.06. The van der Waals surface area contributed by atoms with Crippen molar-refractivity contribution in [1.82, 2.24) is 0 Å². The lowest BCUT2D eigenvalue weighted by molar-refractivity contribution is -0.137. The van der Waals surface area contributed by atoms with Gasteiger partial charge in [0.1, 0.15) is 0 Å². The zero-order chi connectivity index (χ0) is 14.3. The molecule has 5 heteroatoms. The summed E-state index contributed by atoms with van der Waals surface area (Å²) in [5, 5.41) is 0. The summed E-state index contributed by atoms with van der Waals surface area (Å²) in [5.41, 5.74) is 7.00. The van der Waals surface area contributed by atoms with Gasteiger partial charge in [-0.1, -0.05) is 6.07 Å². The Labute approximate surface area is 112 Å². The molecule has 1 aromatic rings. The number of ether oxygens (including phenoxy) is 2. The minimum Gasteiger partial charge on any atom is -0.463 e. The van der Waals surface area contributed by atoms with E-state index in [9.17, 15) is 9.59 Å². The van der Waals surface area contributed by atoms with E-state index in [0.29, 0.717) is 17.9 Å². The number of nitrogen functional groups attached to an aromatic ring is 1. The van der Waals surface area contributed by atoms with E-state index in [1.807, 2.05) is 0 Å². The van der Waals surface area contributed by atoms with Gasteiger partial charge in [0.05, 0.1) is 18.8 Å². The zero-order valence-corrected chi connectivity index (χ0v) is 11.0. The Morgan fingerprint density at radius 3 is 2.53 bits per heavy atom.